The van der Waals surface area contributed by atoms with Crippen LogP contribution in [0.25, 0.3) is 0 Å². The summed E-state index contributed by atoms with van der Waals surface area (Å²) in [5.41, 5.74) is 0.573. The molecule has 6 heteroatoms. The molecule has 6 nitrogen and oxygen atoms in total. The van der Waals surface area contributed by atoms with Crippen LogP contribution in [0.1, 0.15) is 39.3 Å². The Balaban J connectivity index is 2.14. The predicted molar refractivity (Wildman–Crippen MR) is 95.2 cm³/mol. The number of ether oxygens (including phenoxy) is 2. The lowest BCUT2D eigenvalue weighted by molar-refractivity contribution is -0.149. The number of esters is 1. The molecule has 0 unspecified atom stereocenters. The van der Waals surface area contributed by atoms with Crippen molar-refractivity contribution in [3.8, 4) is 0 Å². The number of hydrogen-bond acceptors (Lipinski definition) is 5. The van der Waals surface area contributed by atoms with Crippen LogP contribution < -0.4 is 0 Å². The summed E-state index contributed by atoms with van der Waals surface area (Å²) in [6, 6.07) is 9.60. The van der Waals surface area contributed by atoms with Crippen LogP contribution in [0.5, 0.6) is 0 Å². The van der Waals surface area contributed by atoms with Gasteiger partial charge in [-0.25, -0.2) is 9.59 Å². The molecule has 0 bridgehead atoms. The number of amides is 1. The van der Waals surface area contributed by atoms with Crippen molar-refractivity contribution in [3.63, 3.8) is 0 Å². The van der Waals surface area contributed by atoms with Gasteiger partial charge < -0.3 is 9.47 Å². The van der Waals surface area contributed by atoms with E-state index in [1.165, 1.54) is 17.6 Å². The van der Waals surface area contributed by atoms with Crippen LogP contribution in [0.3, 0.4) is 0 Å². The first-order valence-corrected chi connectivity index (χ1v) is 8.59. The van der Waals surface area contributed by atoms with Crippen molar-refractivity contribution in [1.82, 2.24) is 9.80 Å². The average Bonchev–Trinajstić information content (AvgIpc) is 2.59. The van der Waals surface area contributed by atoms with Gasteiger partial charge in [-0.3, -0.25) is 9.80 Å². The fraction of sp³-hybridized carbons (Fsp3) is 0.579. The second-order valence-electron chi connectivity index (χ2n) is 7.29. The lowest BCUT2D eigenvalue weighted by Crippen LogP contribution is -2.59. The van der Waals surface area contributed by atoms with E-state index in [9.17, 15) is 9.59 Å². The quantitative estimate of drug-likeness (QED) is 0.786. The maximum absolute atomic E-state index is 12.5. The van der Waals surface area contributed by atoms with E-state index in [-0.39, 0.29) is 6.04 Å². The van der Waals surface area contributed by atoms with Crippen molar-refractivity contribution in [1.29, 1.82) is 0 Å². The monoisotopic (exact) mass is 348 g/mol. The van der Waals surface area contributed by atoms with Gasteiger partial charge in [0.1, 0.15) is 11.6 Å². The van der Waals surface area contributed by atoms with Gasteiger partial charge in [-0.2, -0.15) is 0 Å². The molecule has 1 aliphatic rings. The third kappa shape index (κ3) is 4.95. The van der Waals surface area contributed by atoms with Crippen molar-refractivity contribution < 1.29 is 19.1 Å². The molecule has 1 amide bonds. The van der Waals surface area contributed by atoms with E-state index in [0.717, 1.165) is 0 Å². The Morgan fingerprint density at radius 3 is 2.36 bits per heavy atom. The molecule has 0 aliphatic carbocycles. The van der Waals surface area contributed by atoms with Gasteiger partial charge in [-0.15, -0.1) is 0 Å². The van der Waals surface area contributed by atoms with E-state index in [2.05, 4.69) is 24.0 Å². The van der Waals surface area contributed by atoms with Gasteiger partial charge in [-0.05, 0) is 33.3 Å². The highest BCUT2D eigenvalue weighted by molar-refractivity contribution is 5.82. The van der Waals surface area contributed by atoms with Gasteiger partial charge in [0.05, 0.1) is 7.11 Å². The summed E-state index contributed by atoms with van der Waals surface area (Å²) in [7, 11) is 1.34. The molecule has 0 aromatic heterocycles. The summed E-state index contributed by atoms with van der Waals surface area (Å²) in [4.78, 5) is 28.4. The number of piperazine rings is 1. The highest BCUT2D eigenvalue weighted by atomic mass is 16.6. The first-order chi connectivity index (χ1) is 11.7. The number of benzene rings is 1. The van der Waals surface area contributed by atoms with Crippen LogP contribution in [0.4, 0.5) is 4.79 Å². The summed E-state index contributed by atoms with van der Waals surface area (Å²) in [5.74, 6) is -0.421. The van der Waals surface area contributed by atoms with E-state index in [4.69, 9.17) is 9.47 Å². The number of carbonyl (C=O) groups is 2. The number of carbonyl (C=O) groups excluding carboxylic acids is 2. The number of methoxy groups -OCH3 is 1. The van der Waals surface area contributed by atoms with Crippen molar-refractivity contribution in [2.45, 2.75) is 45.4 Å². The third-order valence-electron chi connectivity index (χ3n) is 4.34. The first-order valence-electron chi connectivity index (χ1n) is 8.59. The Labute approximate surface area is 149 Å². The molecule has 2 rings (SSSR count). The predicted octanol–water partition coefficient (Wildman–Crippen LogP) is 2.84. The molecular formula is C19H28N2O4. The lowest BCUT2D eigenvalue weighted by Gasteiger charge is -2.42. The molecule has 0 spiro atoms. The van der Waals surface area contributed by atoms with E-state index in [1.54, 1.807) is 0 Å². The van der Waals surface area contributed by atoms with Crippen molar-refractivity contribution in [2.75, 3.05) is 26.7 Å². The molecule has 1 aromatic rings. The maximum atomic E-state index is 12.5. The maximum Gasteiger partial charge on any atom is 0.411 e. The minimum atomic E-state index is -0.667. The fourth-order valence-corrected chi connectivity index (χ4v) is 2.98. The Bertz CT molecular complexity index is 597. The molecule has 0 saturated carbocycles. The van der Waals surface area contributed by atoms with E-state index < -0.39 is 23.7 Å². The Morgan fingerprint density at radius 1 is 1.16 bits per heavy atom. The second kappa shape index (κ2) is 7.87. The zero-order valence-electron chi connectivity index (χ0n) is 15.7. The van der Waals surface area contributed by atoms with E-state index >= 15 is 0 Å². The molecule has 1 aliphatic heterocycles. The van der Waals surface area contributed by atoms with E-state index in [1.807, 2.05) is 39.0 Å². The summed E-state index contributed by atoms with van der Waals surface area (Å²) in [6.07, 6.45) is -0.477. The standard InChI is InChI=1S/C19H28N2O4/c1-14(15-9-7-6-8-10-15)20-11-12-21(16(13-20)17(22)24-5)18(23)25-19(2,3)4/h6-10,14,16H,11-13H2,1-5H3/t14-,16-/m0/s1. The molecule has 0 radical (unpaired) electrons. The van der Waals surface area contributed by atoms with Crippen LogP contribution in [-0.4, -0.2) is 60.2 Å². The van der Waals surface area contributed by atoms with E-state index in [0.29, 0.717) is 19.6 Å². The molecule has 25 heavy (non-hydrogen) atoms. The smallest absolute Gasteiger partial charge is 0.411 e. The normalized spacial score (nSPS) is 20.0. The van der Waals surface area contributed by atoms with Crippen LogP contribution in [0.15, 0.2) is 30.3 Å². The van der Waals surface area contributed by atoms with Crippen LogP contribution in [-0.2, 0) is 14.3 Å². The summed E-state index contributed by atoms with van der Waals surface area (Å²) >= 11 is 0. The number of rotatable bonds is 3. The molecule has 1 heterocycles. The summed E-state index contributed by atoms with van der Waals surface area (Å²) in [6.45, 7) is 9.05. The first kappa shape index (κ1) is 19.2. The Morgan fingerprint density at radius 2 is 1.80 bits per heavy atom. The minimum absolute atomic E-state index is 0.147. The minimum Gasteiger partial charge on any atom is -0.467 e. The molecule has 1 fully saturated rings. The molecule has 1 saturated heterocycles. The van der Waals surface area contributed by atoms with Gasteiger partial charge >= 0.3 is 12.1 Å². The van der Waals surface area contributed by atoms with Crippen LogP contribution in [0, 0.1) is 0 Å². The lowest BCUT2D eigenvalue weighted by atomic mass is 10.0. The van der Waals surface area contributed by atoms with Gasteiger partial charge in [0, 0.05) is 25.7 Å². The SMILES string of the molecule is COC(=O)[C@@H]1CN([C@@H](C)c2ccccc2)CCN1C(=O)OC(C)(C)C. The van der Waals surface area contributed by atoms with Gasteiger partial charge in [0.15, 0.2) is 0 Å². The third-order valence-corrected chi connectivity index (χ3v) is 4.34. The highest BCUT2D eigenvalue weighted by Crippen LogP contribution is 2.25. The average molecular weight is 348 g/mol. The largest absolute Gasteiger partial charge is 0.467 e. The topological polar surface area (TPSA) is 59.1 Å². The van der Waals surface area contributed by atoms with Crippen LogP contribution >= 0.6 is 0 Å². The summed E-state index contributed by atoms with van der Waals surface area (Å²) < 4.78 is 10.4. The second-order valence-corrected chi connectivity index (χ2v) is 7.29. The van der Waals surface area contributed by atoms with Gasteiger partial charge in [-0.1, -0.05) is 30.3 Å². The van der Waals surface area contributed by atoms with Gasteiger partial charge in [0.25, 0.3) is 0 Å². The molecule has 1 aromatic carbocycles. The zero-order valence-corrected chi connectivity index (χ0v) is 15.7. The highest BCUT2D eigenvalue weighted by Gasteiger charge is 2.39. The zero-order chi connectivity index (χ0) is 18.6. The Hall–Kier alpha value is -2.08. The summed E-state index contributed by atoms with van der Waals surface area (Å²) in [5, 5.41) is 0. The van der Waals surface area contributed by atoms with Crippen molar-refractivity contribution in [2.24, 2.45) is 0 Å². The van der Waals surface area contributed by atoms with Crippen LogP contribution in [0.2, 0.25) is 0 Å². The molecule has 0 N–H and O–H groups in total. The van der Waals surface area contributed by atoms with Gasteiger partial charge in [0.2, 0.25) is 0 Å². The molecular weight excluding hydrogens is 320 g/mol. The Kier molecular flexibility index (Phi) is 6.06. The van der Waals surface area contributed by atoms with Crippen molar-refractivity contribution >= 4 is 12.1 Å². The number of nitrogens with zero attached hydrogens (tertiary/aromatic N) is 2. The molecule has 2 atom stereocenters. The number of hydrogen-bond donors (Lipinski definition) is 0. The van der Waals surface area contributed by atoms with Crippen molar-refractivity contribution in [3.05, 3.63) is 35.9 Å². The fourth-order valence-electron chi connectivity index (χ4n) is 2.98. The molecule has 138 valence electrons.